The van der Waals surface area contributed by atoms with E-state index in [0.29, 0.717) is 30.3 Å². The standard InChI is InChI=1S/C24H28N4O3/c1-17(2)16-28-23-8-7-21(13-20(23)15-25-28)26-9-11-27(12-10-26)24(30)19-5-4-6-22(14-19)31-18(3)29/h4-8,13-15,17H,9-12,16H2,1-3H3. The van der Waals surface area contributed by atoms with Crippen LogP contribution in [-0.2, 0) is 11.3 Å². The molecular formula is C24H28N4O3. The summed E-state index contributed by atoms with van der Waals surface area (Å²) in [5.41, 5.74) is 2.84. The molecule has 0 aliphatic carbocycles. The van der Waals surface area contributed by atoms with E-state index in [2.05, 4.69) is 46.7 Å². The average molecular weight is 421 g/mol. The van der Waals surface area contributed by atoms with E-state index >= 15 is 0 Å². The first-order valence-corrected chi connectivity index (χ1v) is 10.7. The van der Waals surface area contributed by atoms with Crippen LogP contribution >= 0.6 is 0 Å². The van der Waals surface area contributed by atoms with Gasteiger partial charge < -0.3 is 14.5 Å². The number of rotatable bonds is 5. The molecule has 3 aromatic rings. The normalized spacial score (nSPS) is 14.3. The molecular weight excluding hydrogens is 392 g/mol. The number of nitrogens with zero attached hydrogens (tertiary/aromatic N) is 4. The number of fused-ring (bicyclic) bond motifs is 1. The predicted octanol–water partition coefficient (Wildman–Crippen LogP) is 3.58. The highest BCUT2D eigenvalue weighted by Crippen LogP contribution is 2.24. The number of carbonyl (C=O) groups excluding carboxylic acids is 2. The summed E-state index contributed by atoms with van der Waals surface area (Å²) < 4.78 is 7.16. The van der Waals surface area contributed by atoms with Crippen molar-refractivity contribution >= 4 is 28.5 Å². The van der Waals surface area contributed by atoms with E-state index in [9.17, 15) is 9.59 Å². The molecule has 1 aliphatic rings. The van der Waals surface area contributed by atoms with Crippen LogP contribution in [0, 0.1) is 5.92 Å². The van der Waals surface area contributed by atoms with Crippen LogP contribution in [0.25, 0.3) is 10.9 Å². The second-order valence-electron chi connectivity index (χ2n) is 8.36. The van der Waals surface area contributed by atoms with Crippen molar-refractivity contribution in [1.29, 1.82) is 0 Å². The SMILES string of the molecule is CC(=O)Oc1cccc(C(=O)N2CCN(c3ccc4c(cnn4CC(C)C)c3)CC2)c1. The topological polar surface area (TPSA) is 67.7 Å². The second-order valence-corrected chi connectivity index (χ2v) is 8.36. The van der Waals surface area contributed by atoms with Crippen molar-refractivity contribution in [2.45, 2.75) is 27.3 Å². The lowest BCUT2D eigenvalue weighted by Crippen LogP contribution is -2.48. The number of ether oxygens (including phenoxy) is 1. The van der Waals surface area contributed by atoms with E-state index in [0.717, 1.165) is 36.2 Å². The van der Waals surface area contributed by atoms with E-state index < -0.39 is 5.97 Å². The lowest BCUT2D eigenvalue weighted by molar-refractivity contribution is -0.131. The summed E-state index contributed by atoms with van der Waals surface area (Å²) in [6.45, 7) is 9.44. The quantitative estimate of drug-likeness (QED) is 0.466. The molecule has 1 aliphatic heterocycles. The number of esters is 1. The fraction of sp³-hybridized carbons (Fsp3) is 0.375. The smallest absolute Gasteiger partial charge is 0.308 e. The number of aromatic nitrogens is 2. The van der Waals surface area contributed by atoms with Gasteiger partial charge in [-0.1, -0.05) is 19.9 Å². The van der Waals surface area contributed by atoms with Gasteiger partial charge in [-0.2, -0.15) is 5.10 Å². The zero-order valence-corrected chi connectivity index (χ0v) is 18.2. The molecule has 1 aromatic heterocycles. The van der Waals surface area contributed by atoms with Gasteiger partial charge in [0.05, 0.1) is 11.7 Å². The van der Waals surface area contributed by atoms with Gasteiger partial charge in [0.25, 0.3) is 5.91 Å². The molecule has 0 radical (unpaired) electrons. The Morgan fingerprint density at radius 2 is 1.84 bits per heavy atom. The third-order valence-electron chi connectivity index (χ3n) is 5.44. The van der Waals surface area contributed by atoms with Gasteiger partial charge in [0.1, 0.15) is 5.75 Å². The molecule has 2 heterocycles. The highest BCUT2D eigenvalue weighted by atomic mass is 16.5. The van der Waals surface area contributed by atoms with Crippen LogP contribution in [-0.4, -0.2) is 52.7 Å². The van der Waals surface area contributed by atoms with Gasteiger partial charge in [-0.15, -0.1) is 0 Å². The summed E-state index contributed by atoms with van der Waals surface area (Å²) in [6.07, 6.45) is 1.93. The Morgan fingerprint density at radius 3 is 2.55 bits per heavy atom. The Morgan fingerprint density at radius 1 is 1.06 bits per heavy atom. The molecule has 4 rings (SSSR count). The molecule has 7 heteroatoms. The molecule has 1 saturated heterocycles. The van der Waals surface area contributed by atoms with Crippen molar-refractivity contribution in [3.05, 3.63) is 54.2 Å². The maximum atomic E-state index is 12.9. The predicted molar refractivity (Wildman–Crippen MR) is 120 cm³/mol. The first kappa shape index (κ1) is 20.9. The molecule has 7 nitrogen and oxygen atoms in total. The third-order valence-corrected chi connectivity index (χ3v) is 5.44. The first-order chi connectivity index (χ1) is 14.9. The van der Waals surface area contributed by atoms with Gasteiger partial charge in [0.15, 0.2) is 0 Å². The monoisotopic (exact) mass is 420 g/mol. The zero-order valence-electron chi connectivity index (χ0n) is 18.2. The molecule has 2 aromatic carbocycles. The van der Waals surface area contributed by atoms with E-state index in [1.807, 2.05) is 11.1 Å². The summed E-state index contributed by atoms with van der Waals surface area (Å²) in [7, 11) is 0. The molecule has 0 unspecified atom stereocenters. The van der Waals surface area contributed by atoms with E-state index in [1.54, 1.807) is 24.3 Å². The van der Waals surface area contributed by atoms with Crippen LogP contribution in [0.4, 0.5) is 5.69 Å². The minimum Gasteiger partial charge on any atom is -0.427 e. The molecule has 0 bridgehead atoms. The van der Waals surface area contributed by atoms with Crippen molar-refractivity contribution in [3.8, 4) is 5.75 Å². The summed E-state index contributed by atoms with van der Waals surface area (Å²) >= 11 is 0. The third kappa shape index (κ3) is 4.71. The molecule has 0 spiro atoms. The number of amides is 1. The largest absolute Gasteiger partial charge is 0.427 e. The molecule has 162 valence electrons. The minimum absolute atomic E-state index is 0.0425. The number of hydrogen-bond donors (Lipinski definition) is 0. The van der Waals surface area contributed by atoms with Crippen LogP contribution in [0.2, 0.25) is 0 Å². The van der Waals surface area contributed by atoms with Crippen molar-refractivity contribution in [1.82, 2.24) is 14.7 Å². The van der Waals surface area contributed by atoms with E-state index in [1.165, 1.54) is 6.92 Å². The number of carbonyl (C=O) groups is 2. The molecule has 31 heavy (non-hydrogen) atoms. The maximum absolute atomic E-state index is 12.9. The molecule has 1 amide bonds. The van der Waals surface area contributed by atoms with Crippen LogP contribution in [0.5, 0.6) is 5.75 Å². The van der Waals surface area contributed by atoms with Crippen LogP contribution < -0.4 is 9.64 Å². The Hall–Kier alpha value is -3.35. The number of hydrogen-bond acceptors (Lipinski definition) is 5. The highest BCUT2D eigenvalue weighted by molar-refractivity contribution is 5.95. The van der Waals surface area contributed by atoms with Crippen LogP contribution in [0.15, 0.2) is 48.7 Å². The fourth-order valence-corrected chi connectivity index (χ4v) is 3.97. The van der Waals surface area contributed by atoms with Gasteiger partial charge in [-0.25, -0.2) is 0 Å². The molecule has 0 N–H and O–H groups in total. The molecule has 1 fully saturated rings. The van der Waals surface area contributed by atoms with Gasteiger partial charge in [0, 0.05) is 56.3 Å². The van der Waals surface area contributed by atoms with Crippen molar-refractivity contribution in [3.63, 3.8) is 0 Å². The number of benzene rings is 2. The number of piperazine rings is 1. The van der Waals surface area contributed by atoms with Crippen molar-refractivity contribution in [2.24, 2.45) is 5.92 Å². The highest BCUT2D eigenvalue weighted by Gasteiger charge is 2.23. The lowest BCUT2D eigenvalue weighted by atomic mass is 10.1. The second kappa shape index (κ2) is 8.79. The number of anilines is 1. The lowest BCUT2D eigenvalue weighted by Gasteiger charge is -2.36. The Bertz CT molecular complexity index is 1100. The Labute approximate surface area is 182 Å². The van der Waals surface area contributed by atoms with E-state index in [-0.39, 0.29) is 5.91 Å². The molecule has 0 atom stereocenters. The van der Waals surface area contributed by atoms with Gasteiger partial charge >= 0.3 is 5.97 Å². The van der Waals surface area contributed by atoms with Crippen LogP contribution in [0.1, 0.15) is 31.1 Å². The van der Waals surface area contributed by atoms with Gasteiger partial charge in [-0.3, -0.25) is 14.3 Å². The zero-order chi connectivity index (χ0) is 22.0. The maximum Gasteiger partial charge on any atom is 0.308 e. The Kier molecular flexibility index (Phi) is 5.93. The summed E-state index contributed by atoms with van der Waals surface area (Å²) in [4.78, 5) is 28.2. The molecule has 0 saturated carbocycles. The fourth-order valence-electron chi connectivity index (χ4n) is 3.97. The summed E-state index contributed by atoms with van der Waals surface area (Å²) in [6, 6.07) is 13.2. The average Bonchev–Trinajstić information content (AvgIpc) is 3.14. The first-order valence-electron chi connectivity index (χ1n) is 10.7. The summed E-state index contributed by atoms with van der Waals surface area (Å²) in [5.74, 6) is 0.496. The van der Waals surface area contributed by atoms with Crippen molar-refractivity contribution in [2.75, 3.05) is 31.1 Å². The van der Waals surface area contributed by atoms with Crippen LogP contribution in [0.3, 0.4) is 0 Å². The minimum atomic E-state index is -0.398. The Balaban J connectivity index is 1.41. The van der Waals surface area contributed by atoms with Gasteiger partial charge in [0.2, 0.25) is 0 Å². The van der Waals surface area contributed by atoms with Crippen molar-refractivity contribution < 1.29 is 14.3 Å². The van der Waals surface area contributed by atoms with E-state index in [4.69, 9.17) is 4.74 Å². The van der Waals surface area contributed by atoms with Gasteiger partial charge in [-0.05, 0) is 42.3 Å². The summed E-state index contributed by atoms with van der Waals surface area (Å²) in [5, 5.41) is 5.67.